The zero-order chi connectivity index (χ0) is 25.8. The molecule has 1 N–H and O–H groups in total. The zero-order valence-corrected chi connectivity index (χ0v) is 22.2. The number of benzene rings is 2. The van der Waals surface area contributed by atoms with Crippen LogP contribution in [0.1, 0.15) is 54.9 Å². The molecule has 0 radical (unpaired) electrons. The molecule has 0 saturated heterocycles. The van der Waals surface area contributed by atoms with Crippen molar-refractivity contribution in [3.63, 3.8) is 0 Å². The third kappa shape index (κ3) is 6.84. The fourth-order valence-electron chi connectivity index (χ4n) is 4.63. The number of rotatable bonds is 9. The highest BCUT2D eigenvalue weighted by atomic mass is 32.2. The minimum atomic E-state index is -3.74. The average molecular weight is 500 g/mol. The van der Waals surface area contributed by atoms with Crippen molar-refractivity contribution in [2.24, 2.45) is 0 Å². The number of aryl methyl sites for hydroxylation is 3. The summed E-state index contributed by atoms with van der Waals surface area (Å²) in [6.07, 6.45) is 5.16. The van der Waals surface area contributed by atoms with Gasteiger partial charge in [0.15, 0.2) is 0 Å². The normalized spacial score (nSPS) is 15.0. The molecule has 190 valence electrons. The van der Waals surface area contributed by atoms with Gasteiger partial charge < -0.3 is 10.2 Å². The maximum absolute atomic E-state index is 13.7. The maximum Gasteiger partial charge on any atom is 0.244 e. The quantitative estimate of drug-likeness (QED) is 0.568. The first kappa shape index (κ1) is 26.7. The van der Waals surface area contributed by atoms with E-state index in [9.17, 15) is 18.0 Å². The maximum atomic E-state index is 13.7. The van der Waals surface area contributed by atoms with E-state index in [1.807, 2.05) is 57.2 Å². The molecule has 0 heterocycles. The van der Waals surface area contributed by atoms with Crippen LogP contribution in [-0.4, -0.2) is 50.0 Å². The zero-order valence-electron chi connectivity index (χ0n) is 21.4. The van der Waals surface area contributed by atoms with E-state index < -0.39 is 22.0 Å². The van der Waals surface area contributed by atoms with Gasteiger partial charge in [-0.3, -0.25) is 13.9 Å². The van der Waals surface area contributed by atoms with Gasteiger partial charge in [-0.1, -0.05) is 54.8 Å². The van der Waals surface area contributed by atoms with Crippen molar-refractivity contribution in [1.82, 2.24) is 10.2 Å². The summed E-state index contributed by atoms with van der Waals surface area (Å²) in [4.78, 5) is 28.3. The second kappa shape index (κ2) is 11.2. The molecule has 1 aliphatic carbocycles. The molecule has 0 spiro atoms. The van der Waals surface area contributed by atoms with Gasteiger partial charge in [0.1, 0.15) is 12.6 Å². The summed E-state index contributed by atoms with van der Waals surface area (Å²) >= 11 is 0. The van der Waals surface area contributed by atoms with Crippen LogP contribution >= 0.6 is 0 Å². The molecular weight excluding hydrogens is 462 g/mol. The Labute approximate surface area is 209 Å². The minimum absolute atomic E-state index is 0.128. The summed E-state index contributed by atoms with van der Waals surface area (Å²) in [5.74, 6) is -0.635. The van der Waals surface area contributed by atoms with E-state index in [-0.39, 0.29) is 25.0 Å². The van der Waals surface area contributed by atoms with Crippen molar-refractivity contribution in [1.29, 1.82) is 0 Å². The molecule has 2 amide bonds. The Bertz CT molecular complexity index is 1170. The minimum Gasteiger partial charge on any atom is -0.352 e. The molecule has 2 aromatic rings. The number of hydrogen-bond donors (Lipinski definition) is 1. The predicted molar refractivity (Wildman–Crippen MR) is 140 cm³/mol. The molecule has 1 fully saturated rings. The topological polar surface area (TPSA) is 86.8 Å². The summed E-state index contributed by atoms with van der Waals surface area (Å²) < 4.78 is 26.6. The second-order valence-electron chi connectivity index (χ2n) is 9.67. The lowest BCUT2D eigenvalue weighted by molar-refractivity contribution is -0.139. The second-order valence-corrected chi connectivity index (χ2v) is 11.6. The number of carbonyl (C=O) groups excluding carboxylic acids is 2. The van der Waals surface area contributed by atoms with Gasteiger partial charge in [0.25, 0.3) is 0 Å². The van der Waals surface area contributed by atoms with Gasteiger partial charge in [0.2, 0.25) is 21.8 Å². The van der Waals surface area contributed by atoms with Gasteiger partial charge >= 0.3 is 0 Å². The molecular formula is C27H37N3O4S. The standard InChI is InChI=1S/C27H37N3O4S/c1-19-14-15-25(21(3)16-19)30(35(5,33)34)18-26(31)29(17-23-11-7-6-10-20(23)2)22(4)27(32)28-24-12-8-9-13-24/h6-7,10-11,14-16,22,24H,8-9,12-13,17-18H2,1-5H3,(H,28,32)/t22-/m0/s1. The fraction of sp³-hybridized carbons (Fsp3) is 0.481. The van der Waals surface area contributed by atoms with E-state index in [0.29, 0.717) is 5.69 Å². The Hall–Kier alpha value is -2.87. The number of amides is 2. The lowest BCUT2D eigenvalue weighted by Crippen LogP contribution is -2.52. The van der Waals surface area contributed by atoms with Gasteiger partial charge in [-0.2, -0.15) is 0 Å². The third-order valence-corrected chi connectivity index (χ3v) is 7.90. The first-order valence-electron chi connectivity index (χ1n) is 12.2. The summed E-state index contributed by atoms with van der Waals surface area (Å²) in [6.45, 7) is 7.27. The van der Waals surface area contributed by atoms with Crippen LogP contribution in [0.25, 0.3) is 0 Å². The van der Waals surface area contributed by atoms with Gasteiger partial charge in [0, 0.05) is 12.6 Å². The van der Waals surface area contributed by atoms with Crippen LogP contribution in [0.4, 0.5) is 5.69 Å². The Morgan fingerprint density at radius 3 is 2.29 bits per heavy atom. The summed E-state index contributed by atoms with van der Waals surface area (Å²) in [7, 11) is -3.74. The van der Waals surface area contributed by atoms with E-state index in [4.69, 9.17) is 0 Å². The highest BCUT2D eigenvalue weighted by molar-refractivity contribution is 7.92. The van der Waals surface area contributed by atoms with Crippen molar-refractivity contribution >= 4 is 27.5 Å². The first-order chi connectivity index (χ1) is 16.5. The van der Waals surface area contributed by atoms with Gasteiger partial charge in [0.05, 0.1) is 11.9 Å². The van der Waals surface area contributed by atoms with Crippen LogP contribution in [0.15, 0.2) is 42.5 Å². The molecule has 7 nitrogen and oxygen atoms in total. The highest BCUT2D eigenvalue weighted by Gasteiger charge is 2.32. The Morgan fingerprint density at radius 1 is 1.03 bits per heavy atom. The van der Waals surface area contributed by atoms with Gasteiger partial charge in [-0.15, -0.1) is 0 Å². The third-order valence-electron chi connectivity index (χ3n) is 6.77. The summed E-state index contributed by atoms with van der Waals surface area (Å²) in [6, 6.07) is 12.5. The highest BCUT2D eigenvalue weighted by Crippen LogP contribution is 2.25. The predicted octanol–water partition coefficient (Wildman–Crippen LogP) is 3.85. The summed E-state index contributed by atoms with van der Waals surface area (Å²) in [5.41, 5.74) is 4.15. The molecule has 1 aliphatic rings. The number of nitrogens with one attached hydrogen (secondary N) is 1. The van der Waals surface area contributed by atoms with Crippen molar-refractivity contribution in [2.45, 2.75) is 72.0 Å². The number of nitrogens with zero attached hydrogens (tertiary/aromatic N) is 2. The SMILES string of the molecule is Cc1ccc(N(CC(=O)N(Cc2ccccc2C)[C@@H](C)C(=O)NC2CCCC2)S(C)(=O)=O)c(C)c1. The van der Waals surface area contributed by atoms with E-state index in [0.717, 1.165) is 58.5 Å². The molecule has 0 aromatic heterocycles. The Balaban J connectivity index is 1.91. The average Bonchev–Trinajstić information content (AvgIpc) is 3.29. The van der Waals surface area contributed by atoms with Crippen molar-refractivity contribution < 1.29 is 18.0 Å². The Morgan fingerprint density at radius 2 is 1.69 bits per heavy atom. The number of hydrogen-bond acceptors (Lipinski definition) is 4. The molecule has 2 aromatic carbocycles. The van der Waals surface area contributed by atoms with Crippen molar-refractivity contribution in [3.8, 4) is 0 Å². The van der Waals surface area contributed by atoms with Crippen LogP contribution in [-0.2, 0) is 26.2 Å². The van der Waals surface area contributed by atoms with Crippen LogP contribution in [0, 0.1) is 20.8 Å². The lowest BCUT2D eigenvalue weighted by atomic mass is 10.1. The van der Waals surface area contributed by atoms with E-state index in [1.165, 1.54) is 4.90 Å². The van der Waals surface area contributed by atoms with Crippen molar-refractivity contribution in [2.75, 3.05) is 17.1 Å². The number of sulfonamides is 1. The monoisotopic (exact) mass is 499 g/mol. The van der Waals surface area contributed by atoms with E-state index in [2.05, 4.69) is 5.32 Å². The Kier molecular flexibility index (Phi) is 8.59. The van der Waals surface area contributed by atoms with E-state index in [1.54, 1.807) is 13.0 Å². The fourth-order valence-corrected chi connectivity index (χ4v) is 5.53. The molecule has 1 atom stereocenters. The molecule has 35 heavy (non-hydrogen) atoms. The summed E-state index contributed by atoms with van der Waals surface area (Å²) in [5, 5.41) is 3.08. The van der Waals surface area contributed by atoms with Crippen molar-refractivity contribution in [3.05, 3.63) is 64.7 Å². The first-order valence-corrected chi connectivity index (χ1v) is 14.0. The number of anilines is 1. The van der Waals surface area contributed by atoms with Crippen LogP contribution < -0.4 is 9.62 Å². The largest absolute Gasteiger partial charge is 0.352 e. The van der Waals surface area contributed by atoms with Crippen LogP contribution in [0.2, 0.25) is 0 Å². The molecule has 8 heteroatoms. The van der Waals surface area contributed by atoms with Gasteiger partial charge in [-0.05, 0) is 63.3 Å². The van der Waals surface area contributed by atoms with Gasteiger partial charge in [-0.25, -0.2) is 8.42 Å². The number of carbonyl (C=O) groups is 2. The smallest absolute Gasteiger partial charge is 0.244 e. The van der Waals surface area contributed by atoms with E-state index >= 15 is 0 Å². The lowest BCUT2D eigenvalue weighted by Gasteiger charge is -2.32. The molecule has 1 saturated carbocycles. The molecule has 0 unspecified atom stereocenters. The molecule has 3 rings (SSSR count). The molecule has 0 bridgehead atoms. The van der Waals surface area contributed by atoms with Crippen LogP contribution in [0.5, 0.6) is 0 Å². The molecule has 0 aliphatic heterocycles. The van der Waals surface area contributed by atoms with Crippen LogP contribution in [0.3, 0.4) is 0 Å².